The monoisotopic (exact) mass is 562 g/mol. The van der Waals surface area contributed by atoms with Crippen LogP contribution in [0.3, 0.4) is 0 Å². The minimum Gasteiger partial charge on any atom is -0.744 e. The molecule has 0 bridgehead atoms. The first-order valence-electron chi connectivity index (χ1n) is 7.15. The summed E-state index contributed by atoms with van der Waals surface area (Å²) in [5.41, 5.74) is -0.785. The van der Waals surface area contributed by atoms with E-state index in [2.05, 4.69) is 4.72 Å². The predicted molar refractivity (Wildman–Crippen MR) is 98.1 cm³/mol. The van der Waals surface area contributed by atoms with Crippen molar-refractivity contribution in [2.75, 3.05) is 15.7 Å². The fourth-order valence-electron chi connectivity index (χ4n) is 2.07. The summed E-state index contributed by atoms with van der Waals surface area (Å²) in [5, 5.41) is 0. The summed E-state index contributed by atoms with van der Waals surface area (Å²) in [5.74, 6) is 0. The first-order valence-corrected chi connectivity index (χ1v) is 13.3. The average molecular weight is 563 g/mol. The van der Waals surface area contributed by atoms with Gasteiger partial charge in [0.05, 0.1) is 26.6 Å². The molecule has 2 aromatic rings. The number of hydrogen-bond acceptors (Lipinski definition) is 10. The van der Waals surface area contributed by atoms with Crippen LogP contribution in [-0.4, -0.2) is 49.0 Å². The van der Waals surface area contributed by atoms with E-state index in [0.717, 1.165) is 18.4 Å². The second-order valence-corrected chi connectivity index (χ2v) is 11.8. The van der Waals surface area contributed by atoms with Gasteiger partial charge in [0.15, 0.2) is 0 Å². The third-order valence-electron chi connectivity index (χ3n) is 3.16. The Hall–Kier alpha value is 1.03. The average Bonchev–Trinajstić information content (AvgIpc) is 2.51. The van der Waals surface area contributed by atoms with E-state index in [9.17, 15) is 42.8 Å². The largest absolute Gasteiger partial charge is 1.00 e. The minimum atomic E-state index is -5.22. The fourth-order valence-corrected chi connectivity index (χ4v) is 4.88. The van der Waals surface area contributed by atoms with Crippen LogP contribution in [0.2, 0.25) is 0 Å². The number of hydrogen-bond donors (Lipinski definition) is 2. The van der Waals surface area contributed by atoms with E-state index in [1.54, 1.807) is 0 Å². The number of nitrogens with one attached hydrogen (secondary N) is 2. The Morgan fingerprint density at radius 1 is 0.645 bits per heavy atom. The molecule has 2 rings (SSSR count). The van der Waals surface area contributed by atoms with Gasteiger partial charge in [0.25, 0.3) is 10.0 Å². The second kappa shape index (κ2) is 11.6. The molecule has 0 aliphatic carbocycles. The van der Waals surface area contributed by atoms with E-state index in [1.165, 1.54) is 12.1 Å². The van der Waals surface area contributed by atoms with Crippen LogP contribution in [-0.2, 0) is 40.3 Å². The van der Waals surface area contributed by atoms with Crippen LogP contribution in [0.15, 0.2) is 57.2 Å². The van der Waals surface area contributed by atoms with E-state index >= 15 is 0 Å². The van der Waals surface area contributed by atoms with Crippen LogP contribution >= 0.6 is 0 Å². The normalized spacial score (nSPS) is 12.2. The van der Waals surface area contributed by atoms with Gasteiger partial charge in [-0.1, -0.05) is 6.07 Å². The van der Waals surface area contributed by atoms with Gasteiger partial charge in [-0.05, 0) is 36.4 Å². The molecule has 2 N–H and O–H groups in total. The zero-order chi connectivity index (χ0) is 22.3. The summed E-state index contributed by atoms with van der Waals surface area (Å²) >= 11 is 0. The van der Waals surface area contributed by atoms with E-state index in [1.807, 2.05) is 4.72 Å². The van der Waals surface area contributed by atoms with Gasteiger partial charge in [-0.2, -0.15) is 0 Å². The summed E-state index contributed by atoms with van der Waals surface area (Å²) in [6.45, 7) is 0. The number of benzene rings is 2. The first-order chi connectivity index (χ1) is 13.0. The zero-order valence-electron chi connectivity index (χ0n) is 16.3. The van der Waals surface area contributed by atoms with Crippen molar-refractivity contribution in [3.05, 3.63) is 42.5 Å². The molecule has 2 aromatic carbocycles. The maximum Gasteiger partial charge on any atom is 1.00 e. The molecule has 0 saturated carbocycles. The Kier molecular flexibility index (Phi) is 12.0. The molecule has 0 amide bonds. The van der Waals surface area contributed by atoms with Crippen molar-refractivity contribution in [1.29, 1.82) is 0 Å². The number of sulfonamides is 2. The Balaban J connectivity index is 0.00000450. The third-order valence-corrected chi connectivity index (χ3v) is 6.77. The molecule has 31 heavy (non-hydrogen) atoms. The van der Waals surface area contributed by atoms with Gasteiger partial charge in [0.1, 0.15) is 20.2 Å². The molecular weight excluding hydrogens is 551 g/mol. The van der Waals surface area contributed by atoms with Crippen molar-refractivity contribution < 1.29 is 146 Å². The van der Waals surface area contributed by atoms with Gasteiger partial charge in [-0.25, -0.2) is 33.7 Å². The molecule has 0 aliphatic rings. The van der Waals surface area contributed by atoms with Crippen LogP contribution < -0.4 is 112 Å². The Labute approximate surface area is 265 Å². The van der Waals surface area contributed by atoms with Crippen LogP contribution in [0.5, 0.6) is 0 Å². The van der Waals surface area contributed by atoms with Crippen molar-refractivity contribution in [3.63, 3.8) is 0 Å². The van der Waals surface area contributed by atoms with E-state index < -0.39 is 60.7 Å². The molecule has 0 heterocycles. The summed E-state index contributed by atoms with van der Waals surface area (Å²) in [4.78, 5) is -2.76. The quantitative estimate of drug-likeness (QED) is 0.241. The van der Waals surface area contributed by atoms with Gasteiger partial charge >= 0.3 is 103 Å². The molecule has 0 aromatic heterocycles. The van der Waals surface area contributed by atoms with Crippen molar-refractivity contribution in [1.82, 2.24) is 0 Å². The maximum absolute atomic E-state index is 12.5. The van der Waals surface area contributed by atoms with Gasteiger partial charge in [0, 0.05) is 5.69 Å². The molecule has 18 heteroatoms. The summed E-state index contributed by atoms with van der Waals surface area (Å²) < 4.78 is 119. The molecular formula is C13H12K2N2O10S4. The maximum atomic E-state index is 12.5. The van der Waals surface area contributed by atoms with E-state index in [4.69, 9.17) is 0 Å². The fraction of sp³-hybridized carbons (Fsp3) is 0.0769. The van der Waals surface area contributed by atoms with Crippen molar-refractivity contribution in [2.45, 2.75) is 14.7 Å². The van der Waals surface area contributed by atoms with Gasteiger partial charge < -0.3 is 9.11 Å². The standard InChI is InChI=1S/C13H14N2O10S4.2K/c1-26(16,17)14-9-3-2-4-11(5-9)27(18,19)15-10-6-12(28(20,21)22)8-13(7-10)29(23,24)25;;/h2-8,14-15H,1H3,(H,20,21,22)(H,23,24,25);;/q;2*+1/p-2. The molecule has 12 nitrogen and oxygen atoms in total. The second-order valence-electron chi connectivity index (χ2n) is 5.61. The molecule has 0 fully saturated rings. The molecule has 0 saturated heterocycles. The van der Waals surface area contributed by atoms with Crippen LogP contribution in [0, 0.1) is 0 Å². The molecule has 0 atom stereocenters. The number of rotatable bonds is 7. The van der Waals surface area contributed by atoms with Crippen LogP contribution in [0.25, 0.3) is 0 Å². The molecule has 0 spiro atoms. The predicted octanol–water partition coefficient (Wildman–Crippen LogP) is -6.32. The number of anilines is 2. The Morgan fingerprint density at radius 2 is 1.10 bits per heavy atom. The molecule has 0 unspecified atom stereocenters. The van der Waals surface area contributed by atoms with Gasteiger partial charge in [0.2, 0.25) is 10.0 Å². The SMILES string of the molecule is CS(=O)(=O)Nc1cccc(S(=O)(=O)Nc2cc(S(=O)(=O)[O-])cc(S(=O)(=O)[O-])c2)c1.[K+].[K+]. The third kappa shape index (κ3) is 10.0. The molecule has 0 radical (unpaired) electrons. The summed E-state index contributed by atoms with van der Waals surface area (Å²) in [6, 6.07) is 5.83. The van der Waals surface area contributed by atoms with Gasteiger partial charge in [-0.15, -0.1) is 0 Å². The van der Waals surface area contributed by atoms with Crippen LogP contribution in [0.4, 0.5) is 11.4 Å². The summed E-state index contributed by atoms with van der Waals surface area (Å²) in [7, 11) is -18.6. The smallest absolute Gasteiger partial charge is 0.744 e. The Morgan fingerprint density at radius 3 is 1.52 bits per heavy atom. The molecule has 0 aliphatic heterocycles. The van der Waals surface area contributed by atoms with Crippen molar-refractivity contribution in [2.24, 2.45) is 0 Å². The molecule has 160 valence electrons. The van der Waals surface area contributed by atoms with Crippen molar-refractivity contribution >= 4 is 51.7 Å². The van der Waals surface area contributed by atoms with Crippen molar-refractivity contribution in [3.8, 4) is 0 Å². The van der Waals surface area contributed by atoms with Gasteiger partial charge in [-0.3, -0.25) is 9.44 Å². The summed E-state index contributed by atoms with van der Waals surface area (Å²) in [6.07, 6.45) is 0.839. The Bertz CT molecular complexity index is 1340. The van der Waals surface area contributed by atoms with E-state index in [-0.39, 0.29) is 108 Å². The van der Waals surface area contributed by atoms with E-state index in [0.29, 0.717) is 18.2 Å². The zero-order valence-corrected chi connectivity index (χ0v) is 25.8. The first kappa shape index (κ1) is 32.0. The topological polar surface area (TPSA) is 207 Å². The minimum absolute atomic E-state index is 0. The van der Waals surface area contributed by atoms with Crippen LogP contribution in [0.1, 0.15) is 0 Å².